The number of ether oxygens (including phenoxy) is 1. The number of rotatable bonds is 2. The number of carbonyl (C=O) groups is 2. The van der Waals surface area contributed by atoms with Crippen LogP contribution in [0.2, 0.25) is 0 Å². The Hall–Kier alpha value is -1.79. The summed E-state index contributed by atoms with van der Waals surface area (Å²) in [6.07, 6.45) is 1.11. The van der Waals surface area contributed by atoms with Gasteiger partial charge in [-0.15, -0.1) is 0 Å². The maximum atomic E-state index is 12.0. The molecule has 2 aliphatic heterocycles. The maximum absolute atomic E-state index is 12.0. The zero-order chi connectivity index (χ0) is 15.5. The molecule has 2 heterocycles. The number of amidine groups is 1. The van der Waals surface area contributed by atoms with Crippen molar-refractivity contribution >= 4 is 17.8 Å². The summed E-state index contributed by atoms with van der Waals surface area (Å²) >= 11 is 0. The standard InChI is InChI=1S/C14H24N4O3/c1-14(2,3)21-13(20)18-7-6-15-11(9-18)16-8-10-4-5-12(19)17-10/h10H,4-9H2,1-3H3,(H,15,16)(H,17,19). The average Bonchev–Trinajstić information content (AvgIpc) is 2.81. The Bertz CT molecular complexity index is 442. The number of nitrogens with one attached hydrogen (secondary N) is 2. The van der Waals surface area contributed by atoms with Crippen molar-refractivity contribution in [2.24, 2.45) is 4.99 Å². The fraction of sp³-hybridized carbons (Fsp3) is 0.786. The molecule has 118 valence electrons. The van der Waals surface area contributed by atoms with Crippen LogP contribution >= 0.6 is 0 Å². The molecule has 2 rings (SSSR count). The van der Waals surface area contributed by atoms with Crippen LogP contribution in [0.25, 0.3) is 0 Å². The molecule has 0 aromatic heterocycles. The Morgan fingerprint density at radius 2 is 2.29 bits per heavy atom. The zero-order valence-corrected chi connectivity index (χ0v) is 12.9. The van der Waals surface area contributed by atoms with Gasteiger partial charge in [-0.05, 0) is 27.2 Å². The molecule has 0 saturated carbocycles. The number of aliphatic imine (C=N–C) groups is 1. The fourth-order valence-electron chi connectivity index (χ4n) is 2.28. The number of hydrogen-bond donors (Lipinski definition) is 2. The highest BCUT2D eigenvalue weighted by atomic mass is 16.6. The van der Waals surface area contributed by atoms with Crippen molar-refractivity contribution in [2.45, 2.75) is 45.3 Å². The van der Waals surface area contributed by atoms with E-state index >= 15 is 0 Å². The minimum Gasteiger partial charge on any atom is -0.444 e. The van der Waals surface area contributed by atoms with Gasteiger partial charge < -0.3 is 15.4 Å². The van der Waals surface area contributed by atoms with E-state index < -0.39 is 5.60 Å². The van der Waals surface area contributed by atoms with Gasteiger partial charge in [-0.2, -0.15) is 0 Å². The van der Waals surface area contributed by atoms with Crippen molar-refractivity contribution in [2.75, 3.05) is 26.2 Å². The van der Waals surface area contributed by atoms with E-state index in [4.69, 9.17) is 4.74 Å². The number of carbonyl (C=O) groups excluding carboxylic acids is 2. The van der Waals surface area contributed by atoms with E-state index in [9.17, 15) is 9.59 Å². The molecule has 1 saturated heterocycles. The molecular weight excluding hydrogens is 272 g/mol. The van der Waals surface area contributed by atoms with Crippen LogP contribution in [0.5, 0.6) is 0 Å². The highest BCUT2D eigenvalue weighted by molar-refractivity contribution is 5.88. The molecule has 0 aromatic carbocycles. The minimum absolute atomic E-state index is 0.0998. The van der Waals surface area contributed by atoms with Crippen molar-refractivity contribution in [1.29, 1.82) is 0 Å². The van der Waals surface area contributed by atoms with Crippen molar-refractivity contribution in [1.82, 2.24) is 15.5 Å². The zero-order valence-electron chi connectivity index (χ0n) is 12.9. The SMILES string of the molecule is CC(C)(C)OC(=O)N1CCN=C(NCC2CCC(=O)N2)C1. The third kappa shape index (κ3) is 4.91. The lowest BCUT2D eigenvalue weighted by Gasteiger charge is -2.30. The Morgan fingerprint density at radius 1 is 1.52 bits per heavy atom. The van der Waals surface area contributed by atoms with Gasteiger partial charge in [-0.3, -0.25) is 14.7 Å². The van der Waals surface area contributed by atoms with E-state index in [1.165, 1.54) is 0 Å². The monoisotopic (exact) mass is 296 g/mol. The topological polar surface area (TPSA) is 83.0 Å². The van der Waals surface area contributed by atoms with Crippen LogP contribution in [0.3, 0.4) is 0 Å². The smallest absolute Gasteiger partial charge is 0.410 e. The molecule has 0 spiro atoms. The molecule has 0 bridgehead atoms. The first-order valence-electron chi connectivity index (χ1n) is 7.38. The van der Waals surface area contributed by atoms with E-state index in [1.54, 1.807) is 4.90 Å². The van der Waals surface area contributed by atoms with Crippen molar-refractivity contribution in [3.05, 3.63) is 0 Å². The first-order valence-corrected chi connectivity index (χ1v) is 7.38. The molecule has 2 N–H and O–H groups in total. The molecule has 21 heavy (non-hydrogen) atoms. The van der Waals surface area contributed by atoms with E-state index in [2.05, 4.69) is 15.6 Å². The molecular formula is C14H24N4O3. The summed E-state index contributed by atoms with van der Waals surface area (Å²) < 4.78 is 5.36. The Morgan fingerprint density at radius 3 is 2.90 bits per heavy atom. The second-order valence-electron chi connectivity index (χ2n) is 6.41. The van der Waals surface area contributed by atoms with Gasteiger partial charge in [0.15, 0.2) is 0 Å². The van der Waals surface area contributed by atoms with E-state index in [0.29, 0.717) is 32.6 Å². The lowest BCUT2D eigenvalue weighted by molar-refractivity contribution is -0.119. The molecule has 2 amide bonds. The molecule has 0 radical (unpaired) electrons. The van der Waals surface area contributed by atoms with Gasteiger partial charge in [0.25, 0.3) is 0 Å². The summed E-state index contributed by atoms with van der Waals surface area (Å²) in [7, 11) is 0. The second kappa shape index (κ2) is 6.32. The van der Waals surface area contributed by atoms with Crippen LogP contribution in [-0.2, 0) is 9.53 Å². The Labute approximate surface area is 125 Å². The molecule has 2 aliphatic rings. The van der Waals surface area contributed by atoms with E-state index in [-0.39, 0.29) is 18.0 Å². The van der Waals surface area contributed by atoms with Gasteiger partial charge in [0.1, 0.15) is 11.4 Å². The average molecular weight is 296 g/mol. The first kappa shape index (κ1) is 15.6. The van der Waals surface area contributed by atoms with Gasteiger partial charge in [0.2, 0.25) is 5.91 Å². The van der Waals surface area contributed by atoms with Crippen LogP contribution in [0.15, 0.2) is 4.99 Å². The highest BCUT2D eigenvalue weighted by Crippen LogP contribution is 2.11. The third-order valence-corrected chi connectivity index (χ3v) is 3.30. The lowest BCUT2D eigenvalue weighted by Crippen LogP contribution is -2.49. The number of hydrogen-bond acceptors (Lipinski definition) is 5. The maximum Gasteiger partial charge on any atom is 0.410 e. The van der Waals surface area contributed by atoms with Gasteiger partial charge >= 0.3 is 6.09 Å². The van der Waals surface area contributed by atoms with Crippen LogP contribution in [0.4, 0.5) is 4.79 Å². The Balaban J connectivity index is 1.79. The van der Waals surface area contributed by atoms with Gasteiger partial charge in [-0.25, -0.2) is 4.79 Å². The van der Waals surface area contributed by atoms with Crippen LogP contribution in [-0.4, -0.2) is 60.6 Å². The summed E-state index contributed by atoms with van der Waals surface area (Å²) in [6.45, 7) is 7.77. The van der Waals surface area contributed by atoms with Gasteiger partial charge in [-0.1, -0.05) is 0 Å². The number of amides is 2. The molecule has 0 aliphatic carbocycles. The van der Waals surface area contributed by atoms with E-state index in [0.717, 1.165) is 12.3 Å². The first-order chi connectivity index (χ1) is 9.83. The molecule has 1 unspecified atom stereocenters. The van der Waals surface area contributed by atoms with Crippen molar-refractivity contribution in [3.63, 3.8) is 0 Å². The van der Waals surface area contributed by atoms with E-state index in [1.807, 2.05) is 20.8 Å². The van der Waals surface area contributed by atoms with Crippen LogP contribution in [0, 0.1) is 0 Å². The van der Waals surface area contributed by atoms with Crippen molar-refractivity contribution < 1.29 is 14.3 Å². The molecule has 1 fully saturated rings. The number of nitrogens with zero attached hydrogens (tertiary/aromatic N) is 2. The summed E-state index contributed by atoms with van der Waals surface area (Å²) in [5, 5.41) is 6.11. The van der Waals surface area contributed by atoms with Crippen LogP contribution < -0.4 is 10.6 Å². The minimum atomic E-state index is -0.493. The normalized spacial score (nSPS) is 22.6. The van der Waals surface area contributed by atoms with Crippen LogP contribution in [0.1, 0.15) is 33.6 Å². The van der Waals surface area contributed by atoms with Gasteiger partial charge in [0, 0.05) is 25.6 Å². The predicted molar refractivity (Wildman–Crippen MR) is 79.3 cm³/mol. The molecule has 0 aromatic rings. The predicted octanol–water partition coefficient (Wildman–Crippen LogP) is 0.504. The summed E-state index contributed by atoms with van der Waals surface area (Å²) in [4.78, 5) is 29.2. The molecule has 7 heteroatoms. The molecule has 1 atom stereocenters. The summed E-state index contributed by atoms with van der Waals surface area (Å²) in [5.41, 5.74) is -0.493. The summed E-state index contributed by atoms with van der Waals surface area (Å²) in [5.74, 6) is 0.871. The van der Waals surface area contributed by atoms with Gasteiger partial charge in [0.05, 0.1) is 13.1 Å². The third-order valence-electron chi connectivity index (χ3n) is 3.30. The second-order valence-corrected chi connectivity index (χ2v) is 6.41. The lowest BCUT2D eigenvalue weighted by atomic mass is 10.2. The summed E-state index contributed by atoms with van der Waals surface area (Å²) in [6, 6.07) is 0.150. The fourth-order valence-corrected chi connectivity index (χ4v) is 2.28. The van der Waals surface area contributed by atoms with Crippen molar-refractivity contribution in [3.8, 4) is 0 Å². The largest absolute Gasteiger partial charge is 0.444 e. The highest BCUT2D eigenvalue weighted by Gasteiger charge is 2.26. The Kier molecular flexibility index (Phi) is 4.69. The molecule has 7 nitrogen and oxygen atoms in total. The quantitative estimate of drug-likeness (QED) is 0.777.